The summed E-state index contributed by atoms with van der Waals surface area (Å²) in [5, 5.41) is 3.24. The summed E-state index contributed by atoms with van der Waals surface area (Å²) in [6.45, 7) is 2.93. The van der Waals surface area contributed by atoms with Gasteiger partial charge in [-0.1, -0.05) is 11.6 Å². The largest absolute Gasteiger partial charge is 0.463 e. The molecule has 0 spiro atoms. The van der Waals surface area contributed by atoms with Gasteiger partial charge >= 0.3 is 5.97 Å². The molecule has 0 N–H and O–H groups in total. The van der Waals surface area contributed by atoms with E-state index in [-0.39, 0.29) is 5.97 Å². The molecule has 0 bridgehead atoms. The molecule has 2 aromatic rings. The third-order valence-electron chi connectivity index (χ3n) is 4.43. The Balaban J connectivity index is 1.89. The molecular weight excluding hydrogens is 372 g/mol. The molecule has 4 rings (SSSR count). The number of pyridine rings is 1. The molecule has 1 unspecified atom stereocenters. The molecule has 1 atom stereocenters. The van der Waals surface area contributed by atoms with E-state index in [9.17, 15) is 4.79 Å². The first-order chi connectivity index (χ1) is 12.7. The van der Waals surface area contributed by atoms with E-state index < -0.39 is 6.04 Å². The Labute approximate surface area is 160 Å². The minimum atomic E-state index is -0.521. The van der Waals surface area contributed by atoms with Crippen LogP contribution in [0.4, 0.5) is 0 Å². The standard InChI is InChI=1S/C18H17ClN4O2S/c1-2-25-18(24)14-13-4-3-8-23(13)16(17-21-7-9-26-17)22-15(14)11-5-6-20-10-12(11)19/h5-7,9-10,15H,2-4,8H2,1H3. The fourth-order valence-corrected chi connectivity index (χ4v) is 4.24. The van der Waals surface area contributed by atoms with Crippen molar-refractivity contribution in [1.29, 1.82) is 0 Å². The van der Waals surface area contributed by atoms with Crippen molar-refractivity contribution < 1.29 is 9.53 Å². The lowest BCUT2D eigenvalue weighted by atomic mass is 9.95. The van der Waals surface area contributed by atoms with Crippen LogP contribution in [0, 0.1) is 0 Å². The minimum Gasteiger partial charge on any atom is -0.463 e. The molecule has 0 radical (unpaired) electrons. The Kier molecular flexibility index (Phi) is 4.74. The number of amidine groups is 1. The molecule has 8 heteroatoms. The predicted octanol–water partition coefficient (Wildman–Crippen LogP) is 3.61. The van der Waals surface area contributed by atoms with Crippen LogP contribution in [-0.2, 0) is 9.53 Å². The number of carbonyl (C=O) groups excluding carboxylic acids is 1. The summed E-state index contributed by atoms with van der Waals surface area (Å²) in [7, 11) is 0. The molecule has 1 saturated heterocycles. The summed E-state index contributed by atoms with van der Waals surface area (Å²) < 4.78 is 5.34. The van der Waals surface area contributed by atoms with Crippen LogP contribution in [0.2, 0.25) is 5.02 Å². The van der Waals surface area contributed by atoms with Gasteiger partial charge in [-0.2, -0.15) is 0 Å². The van der Waals surface area contributed by atoms with Crippen LogP contribution in [0.25, 0.3) is 0 Å². The number of carbonyl (C=O) groups is 1. The zero-order valence-electron chi connectivity index (χ0n) is 14.2. The first kappa shape index (κ1) is 17.2. The van der Waals surface area contributed by atoms with Gasteiger partial charge in [0.25, 0.3) is 0 Å². The van der Waals surface area contributed by atoms with Crippen molar-refractivity contribution in [3.63, 3.8) is 0 Å². The summed E-state index contributed by atoms with van der Waals surface area (Å²) in [6, 6.07) is 1.29. The number of nitrogens with zero attached hydrogens (tertiary/aromatic N) is 4. The van der Waals surface area contributed by atoms with Crippen molar-refractivity contribution in [3.05, 3.63) is 56.9 Å². The van der Waals surface area contributed by atoms with Crippen molar-refractivity contribution in [3.8, 4) is 0 Å². The fourth-order valence-electron chi connectivity index (χ4n) is 3.38. The Morgan fingerprint density at radius 1 is 1.46 bits per heavy atom. The topological polar surface area (TPSA) is 67.7 Å². The maximum Gasteiger partial charge on any atom is 0.338 e. The van der Waals surface area contributed by atoms with Crippen molar-refractivity contribution >= 4 is 34.7 Å². The van der Waals surface area contributed by atoms with Gasteiger partial charge in [0, 0.05) is 41.8 Å². The zero-order chi connectivity index (χ0) is 18.1. The van der Waals surface area contributed by atoms with Crippen LogP contribution >= 0.6 is 22.9 Å². The lowest BCUT2D eigenvalue weighted by Crippen LogP contribution is -2.35. The van der Waals surface area contributed by atoms with E-state index in [4.69, 9.17) is 21.3 Å². The molecule has 0 amide bonds. The average molecular weight is 389 g/mol. The summed E-state index contributed by atoms with van der Waals surface area (Å²) in [6.07, 6.45) is 6.76. The number of halogens is 1. The van der Waals surface area contributed by atoms with Crippen LogP contribution in [0.3, 0.4) is 0 Å². The highest BCUT2D eigenvalue weighted by atomic mass is 35.5. The SMILES string of the molecule is CCOC(=O)C1=C2CCCN2C(c2nccs2)=NC1c1ccncc1Cl. The summed E-state index contributed by atoms with van der Waals surface area (Å²) in [5.74, 6) is 0.452. The number of esters is 1. The number of allylic oxidation sites excluding steroid dienone is 1. The van der Waals surface area contributed by atoms with E-state index in [1.54, 1.807) is 31.6 Å². The lowest BCUT2D eigenvalue weighted by Gasteiger charge is -2.31. The van der Waals surface area contributed by atoms with Gasteiger partial charge in [0.05, 0.1) is 17.2 Å². The number of rotatable bonds is 4. The van der Waals surface area contributed by atoms with Gasteiger partial charge in [-0.3, -0.25) is 9.98 Å². The summed E-state index contributed by atoms with van der Waals surface area (Å²) >= 11 is 7.92. The first-order valence-corrected chi connectivity index (χ1v) is 9.71. The molecule has 0 aliphatic carbocycles. The van der Waals surface area contributed by atoms with Gasteiger partial charge in [0.2, 0.25) is 0 Å². The van der Waals surface area contributed by atoms with E-state index in [1.807, 2.05) is 5.38 Å². The monoisotopic (exact) mass is 388 g/mol. The summed E-state index contributed by atoms with van der Waals surface area (Å²) in [5.41, 5.74) is 2.28. The number of fused-ring (bicyclic) bond motifs is 1. The fraction of sp³-hybridized carbons (Fsp3) is 0.333. The average Bonchev–Trinajstić information content (AvgIpc) is 3.33. The highest BCUT2D eigenvalue weighted by molar-refractivity contribution is 7.11. The normalized spacial score (nSPS) is 19.4. The van der Waals surface area contributed by atoms with Gasteiger partial charge in [-0.15, -0.1) is 11.3 Å². The second-order valence-electron chi connectivity index (χ2n) is 5.93. The van der Waals surface area contributed by atoms with Crippen molar-refractivity contribution in [2.75, 3.05) is 13.2 Å². The van der Waals surface area contributed by atoms with E-state index in [1.165, 1.54) is 11.3 Å². The molecular formula is C18H17ClN4O2S. The van der Waals surface area contributed by atoms with Crippen LogP contribution < -0.4 is 0 Å². The second kappa shape index (κ2) is 7.17. The van der Waals surface area contributed by atoms with Crippen LogP contribution in [0.15, 0.2) is 46.3 Å². The molecule has 0 saturated carbocycles. The van der Waals surface area contributed by atoms with Gasteiger partial charge in [-0.25, -0.2) is 9.78 Å². The number of aromatic nitrogens is 2. The Morgan fingerprint density at radius 3 is 3.08 bits per heavy atom. The van der Waals surface area contributed by atoms with Crippen LogP contribution in [-0.4, -0.2) is 39.8 Å². The van der Waals surface area contributed by atoms with Crippen molar-refractivity contribution in [2.24, 2.45) is 4.99 Å². The maximum absolute atomic E-state index is 12.8. The number of aliphatic imine (C=N–C) groups is 1. The van der Waals surface area contributed by atoms with Crippen LogP contribution in [0.5, 0.6) is 0 Å². The number of thiazole rings is 1. The number of hydrogen-bond donors (Lipinski definition) is 0. The molecule has 2 aliphatic heterocycles. The van der Waals surface area contributed by atoms with E-state index >= 15 is 0 Å². The third kappa shape index (κ3) is 2.91. The van der Waals surface area contributed by atoms with E-state index in [0.29, 0.717) is 17.2 Å². The van der Waals surface area contributed by atoms with E-state index in [0.717, 1.165) is 41.5 Å². The van der Waals surface area contributed by atoms with Gasteiger partial charge in [0.15, 0.2) is 10.8 Å². The van der Waals surface area contributed by atoms with Gasteiger partial charge in [0.1, 0.15) is 6.04 Å². The molecule has 1 fully saturated rings. The highest BCUT2D eigenvalue weighted by Gasteiger charge is 2.39. The molecule has 4 heterocycles. The van der Waals surface area contributed by atoms with Gasteiger partial charge < -0.3 is 9.64 Å². The molecule has 6 nitrogen and oxygen atoms in total. The molecule has 0 aromatic carbocycles. The zero-order valence-corrected chi connectivity index (χ0v) is 15.8. The number of hydrogen-bond acceptors (Lipinski definition) is 7. The van der Waals surface area contributed by atoms with E-state index in [2.05, 4.69) is 14.9 Å². The third-order valence-corrected chi connectivity index (χ3v) is 5.51. The highest BCUT2D eigenvalue weighted by Crippen LogP contribution is 2.42. The molecule has 26 heavy (non-hydrogen) atoms. The Bertz CT molecular complexity index is 894. The van der Waals surface area contributed by atoms with Crippen molar-refractivity contribution in [2.45, 2.75) is 25.8 Å². The smallest absolute Gasteiger partial charge is 0.338 e. The maximum atomic E-state index is 12.8. The first-order valence-electron chi connectivity index (χ1n) is 8.45. The minimum absolute atomic E-state index is 0.315. The Morgan fingerprint density at radius 2 is 2.35 bits per heavy atom. The molecule has 2 aliphatic rings. The molecule has 134 valence electrons. The second-order valence-corrected chi connectivity index (χ2v) is 7.23. The summed E-state index contributed by atoms with van der Waals surface area (Å²) in [4.78, 5) is 28.2. The lowest BCUT2D eigenvalue weighted by molar-refractivity contribution is -0.139. The Hall–Kier alpha value is -2.25. The van der Waals surface area contributed by atoms with Gasteiger partial charge in [-0.05, 0) is 25.8 Å². The van der Waals surface area contributed by atoms with Crippen molar-refractivity contribution in [1.82, 2.24) is 14.9 Å². The quantitative estimate of drug-likeness (QED) is 0.748. The number of ether oxygens (including phenoxy) is 1. The molecule has 2 aromatic heterocycles. The predicted molar refractivity (Wildman–Crippen MR) is 100 cm³/mol. The van der Waals surface area contributed by atoms with Crippen LogP contribution in [0.1, 0.15) is 36.4 Å².